The Labute approximate surface area is 275 Å². The molecule has 0 saturated carbocycles. The molecular weight excluding hydrogens is 591 g/mol. The van der Waals surface area contributed by atoms with Gasteiger partial charge in [-0.3, -0.25) is 0 Å². The summed E-state index contributed by atoms with van der Waals surface area (Å²) in [6.07, 6.45) is 0. The van der Waals surface area contributed by atoms with Crippen LogP contribution >= 0.6 is 11.3 Å². The lowest BCUT2D eigenvalue weighted by Gasteiger charge is -2.25. The maximum absolute atomic E-state index is 6.60. The Morgan fingerprint density at radius 3 is 1.89 bits per heavy atom. The van der Waals surface area contributed by atoms with Gasteiger partial charge in [0.2, 0.25) is 0 Å². The van der Waals surface area contributed by atoms with Crippen molar-refractivity contribution < 1.29 is 4.42 Å². The van der Waals surface area contributed by atoms with Crippen LogP contribution in [0.5, 0.6) is 0 Å². The van der Waals surface area contributed by atoms with Crippen molar-refractivity contribution in [2.45, 2.75) is 0 Å². The van der Waals surface area contributed by atoms with E-state index in [1.165, 1.54) is 58.2 Å². The molecular formula is C44H27NOS. The fraction of sp³-hybridized carbons (Fsp3) is 0. The highest BCUT2D eigenvalue weighted by molar-refractivity contribution is 7.27. The van der Waals surface area contributed by atoms with Gasteiger partial charge in [0.15, 0.2) is 0 Å². The first-order valence-corrected chi connectivity index (χ1v) is 16.7. The molecule has 3 heteroatoms. The third-order valence-corrected chi connectivity index (χ3v) is 10.7. The lowest BCUT2D eigenvalue weighted by molar-refractivity contribution is 0.669. The Morgan fingerprint density at radius 2 is 1.04 bits per heavy atom. The number of rotatable bonds is 4. The summed E-state index contributed by atoms with van der Waals surface area (Å²) in [5.74, 6) is 0. The summed E-state index contributed by atoms with van der Waals surface area (Å²) in [6, 6.07) is 58.8. The van der Waals surface area contributed by atoms with Crippen molar-refractivity contribution in [1.29, 1.82) is 0 Å². The number of thiophene rings is 1. The van der Waals surface area contributed by atoms with Crippen LogP contribution in [0.2, 0.25) is 0 Å². The summed E-state index contributed by atoms with van der Waals surface area (Å²) in [5.41, 5.74) is 7.50. The summed E-state index contributed by atoms with van der Waals surface area (Å²) >= 11 is 1.87. The third kappa shape index (κ3) is 4.10. The van der Waals surface area contributed by atoms with Gasteiger partial charge in [-0.2, -0.15) is 0 Å². The van der Waals surface area contributed by atoms with E-state index in [9.17, 15) is 0 Å². The van der Waals surface area contributed by atoms with Crippen LogP contribution in [0.1, 0.15) is 0 Å². The normalized spacial score (nSPS) is 11.8. The maximum atomic E-state index is 6.60. The summed E-state index contributed by atoms with van der Waals surface area (Å²) in [6.45, 7) is 0. The van der Waals surface area contributed by atoms with Gasteiger partial charge in [0.1, 0.15) is 11.2 Å². The number of nitrogens with zero attached hydrogens (tertiary/aromatic N) is 1. The summed E-state index contributed by atoms with van der Waals surface area (Å²) < 4.78 is 9.22. The Hall–Kier alpha value is -5.90. The molecule has 47 heavy (non-hydrogen) atoms. The Bertz CT molecular complexity index is 2790. The van der Waals surface area contributed by atoms with Gasteiger partial charge in [-0.25, -0.2) is 0 Å². The lowest BCUT2D eigenvalue weighted by atomic mass is 9.98. The van der Waals surface area contributed by atoms with E-state index < -0.39 is 0 Å². The van der Waals surface area contributed by atoms with E-state index in [0.29, 0.717) is 0 Å². The van der Waals surface area contributed by atoms with E-state index in [2.05, 4.69) is 169 Å². The molecule has 0 aliphatic carbocycles. The van der Waals surface area contributed by atoms with Gasteiger partial charge in [0.05, 0.1) is 0 Å². The number of hydrogen-bond acceptors (Lipinski definition) is 3. The number of anilines is 3. The monoisotopic (exact) mass is 617 g/mol. The van der Waals surface area contributed by atoms with Crippen LogP contribution in [0.25, 0.3) is 74.8 Å². The second-order valence-corrected chi connectivity index (χ2v) is 13.1. The Kier molecular flexibility index (Phi) is 5.78. The zero-order valence-electron chi connectivity index (χ0n) is 25.4. The summed E-state index contributed by atoms with van der Waals surface area (Å²) in [5, 5.41) is 10.0. The maximum Gasteiger partial charge on any atom is 0.137 e. The third-order valence-electron chi connectivity index (χ3n) is 9.45. The molecule has 0 spiro atoms. The Morgan fingerprint density at radius 1 is 0.404 bits per heavy atom. The molecule has 2 aromatic heterocycles. The smallest absolute Gasteiger partial charge is 0.137 e. The summed E-state index contributed by atoms with van der Waals surface area (Å²) in [7, 11) is 0. The van der Waals surface area contributed by atoms with E-state index in [1.807, 2.05) is 11.3 Å². The molecule has 0 unspecified atom stereocenters. The van der Waals surface area contributed by atoms with Crippen LogP contribution in [-0.2, 0) is 0 Å². The molecule has 2 nitrogen and oxygen atoms in total. The molecule has 0 radical (unpaired) electrons. The van der Waals surface area contributed by atoms with Crippen LogP contribution in [-0.4, -0.2) is 0 Å². The molecule has 0 atom stereocenters. The number of benzene rings is 8. The largest absolute Gasteiger partial charge is 0.456 e. The van der Waals surface area contributed by atoms with E-state index in [0.717, 1.165) is 33.6 Å². The molecule has 0 aliphatic rings. The molecule has 2 heterocycles. The first-order valence-electron chi connectivity index (χ1n) is 15.9. The van der Waals surface area contributed by atoms with E-state index in [4.69, 9.17) is 4.42 Å². The van der Waals surface area contributed by atoms with E-state index in [1.54, 1.807) is 0 Å². The predicted octanol–water partition coefficient (Wildman–Crippen LogP) is 13.4. The number of hydrogen-bond donors (Lipinski definition) is 0. The lowest BCUT2D eigenvalue weighted by Crippen LogP contribution is -2.09. The number of furan rings is 1. The van der Waals surface area contributed by atoms with Gasteiger partial charge in [-0.05, 0) is 81.2 Å². The van der Waals surface area contributed by atoms with Crippen LogP contribution in [0.15, 0.2) is 168 Å². The van der Waals surface area contributed by atoms with Crippen molar-refractivity contribution >= 4 is 92.1 Å². The minimum atomic E-state index is 0.889. The first kappa shape index (κ1) is 26.3. The number of para-hydroxylation sites is 1. The first-order chi connectivity index (χ1) is 23.3. The van der Waals surface area contributed by atoms with Gasteiger partial charge in [0, 0.05) is 54.1 Å². The molecule has 10 rings (SSSR count). The summed E-state index contributed by atoms with van der Waals surface area (Å²) in [4.78, 5) is 2.31. The fourth-order valence-electron chi connectivity index (χ4n) is 7.24. The van der Waals surface area contributed by atoms with E-state index >= 15 is 0 Å². The van der Waals surface area contributed by atoms with E-state index in [-0.39, 0.29) is 0 Å². The second kappa shape index (κ2) is 10.3. The van der Waals surface area contributed by atoms with Gasteiger partial charge in [0.25, 0.3) is 0 Å². The van der Waals surface area contributed by atoms with Gasteiger partial charge in [-0.15, -0.1) is 11.3 Å². The highest BCUT2D eigenvalue weighted by atomic mass is 32.1. The van der Waals surface area contributed by atoms with Gasteiger partial charge < -0.3 is 9.32 Å². The van der Waals surface area contributed by atoms with Gasteiger partial charge >= 0.3 is 0 Å². The quantitative estimate of drug-likeness (QED) is 0.195. The molecule has 0 N–H and O–H groups in total. The predicted molar refractivity (Wildman–Crippen MR) is 202 cm³/mol. The fourth-order valence-corrected chi connectivity index (χ4v) is 8.63. The molecule has 0 bridgehead atoms. The zero-order chi connectivity index (χ0) is 30.9. The Balaban J connectivity index is 1.12. The minimum Gasteiger partial charge on any atom is -0.456 e. The molecule has 0 amide bonds. The molecule has 220 valence electrons. The SMILES string of the molecule is c1ccc(N(c2ccc(-c3cccc4ccccc34)cc2)c2ccc3c(c2)oc2ccc4c5ccc6ccccc6c5sc4c23)cc1. The average molecular weight is 618 g/mol. The van der Waals surface area contributed by atoms with Gasteiger partial charge in [-0.1, -0.05) is 109 Å². The van der Waals surface area contributed by atoms with Crippen molar-refractivity contribution in [1.82, 2.24) is 0 Å². The van der Waals surface area contributed by atoms with Crippen molar-refractivity contribution in [2.75, 3.05) is 4.90 Å². The topological polar surface area (TPSA) is 16.4 Å². The molecule has 10 aromatic rings. The molecule has 8 aromatic carbocycles. The van der Waals surface area contributed by atoms with Crippen molar-refractivity contribution in [3.8, 4) is 11.1 Å². The second-order valence-electron chi connectivity index (χ2n) is 12.1. The molecule has 0 saturated heterocycles. The highest BCUT2D eigenvalue weighted by Gasteiger charge is 2.19. The van der Waals surface area contributed by atoms with Crippen molar-refractivity contribution in [2.24, 2.45) is 0 Å². The minimum absolute atomic E-state index is 0.889. The standard InChI is InChI=1S/C44H27NOS/c1-2-12-31(13-3-1)45(32-20-17-30(18-21-32)35-16-8-11-28-9-4-6-14-34(28)35)33-22-24-39-41(27-33)46-40-26-25-38-37-23-19-29-10-5-7-15-36(29)43(37)47-44(38)42(39)40/h1-27H. The van der Waals surface area contributed by atoms with Crippen LogP contribution in [0.4, 0.5) is 17.1 Å². The highest BCUT2D eigenvalue weighted by Crippen LogP contribution is 2.46. The van der Waals surface area contributed by atoms with Crippen molar-refractivity contribution in [3.63, 3.8) is 0 Å². The number of fused-ring (bicyclic) bond motifs is 10. The van der Waals surface area contributed by atoms with Crippen LogP contribution < -0.4 is 4.90 Å². The van der Waals surface area contributed by atoms with Crippen LogP contribution in [0.3, 0.4) is 0 Å². The molecule has 0 aliphatic heterocycles. The molecule has 0 fully saturated rings. The zero-order valence-corrected chi connectivity index (χ0v) is 26.2. The van der Waals surface area contributed by atoms with Crippen molar-refractivity contribution in [3.05, 3.63) is 164 Å². The van der Waals surface area contributed by atoms with Crippen LogP contribution in [0, 0.1) is 0 Å². The average Bonchev–Trinajstić information content (AvgIpc) is 3.70.